The van der Waals surface area contributed by atoms with E-state index < -0.39 is 18.1 Å². The van der Waals surface area contributed by atoms with Crippen molar-refractivity contribution in [3.05, 3.63) is 35.9 Å². The molecule has 0 saturated carbocycles. The van der Waals surface area contributed by atoms with Crippen molar-refractivity contribution in [2.45, 2.75) is 12.1 Å². The van der Waals surface area contributed by atoms with E-state index >= 15 is 0 Å². The van der Waals surface area contributed by atoms with E-state index in [0.29, 0.717) is 0 Å². The number of piperazine rings is 1. The summed E-state index contributed by atoms with van der Waals surface area (Å²) >= 11 is 0. The molecule has 1 aliphatic rings. The van der Waals surface area contributed by atoms with E-state index in [1.165, 1.54) is 0 Å². The Kier molecular flexibility index (Phi) is 2.87. The van der Waals surface area contributed by atoms with Crippen molar-refractivity contribution in [3.8, 4) is 0 Å². The first-order valence-corrected chi connectivity index (χ1v) is 4.99. The normalized spacial score (nSPS) is 24.9. The van der Waals surface area contributed by atoms with Crippen LogP contribution in [0, 0.1) is 0 Å². The Labute approximate surface area is 92.5 Å². The molecule has 1 heterocycles. The number of hydrogen-bond donors (Lipinski definition) is 3. The Hall–Kier alpha value is -1.88. The van der Waals surface area contributed by atoms with Crippen molar-refractivity contribution >= 4 is 11.9 Å². The molecule has 16 heavy (non-hydrogen) atoms. The van der Waals surface area contributed by atoms with Gasteiger partial charge in [0.15, 0.2) is 0 Å². The second-order valence-electron chi connectivity index (χ2n) is 3.65. The van der Waals surface area contributed by atoms with Crippen LogP contribution in [0.25, 0.3) is 0 Å². The fourth-order valence-corrected chi connectivity index (χ4v) is 1.79. The van der Waals surface area contributed by atoms with Gasteiger partial charge in [0, 0.05) is 0 Å². The summed E-state index contributed by atoms with van der Waals surface area (Å²) in [6.45, 7) is 0.0420. The third-order valence-electron chi connectivity index (χ3n) is 2.56. The lowest BCUT2D eigenvalue weighted by Crippen LogP contribution is -2.57. The average Bonchev–Trinajstić information content (AvgIpc) is 2.29. The van der Waals surface area contributed by atoms with Crippen LogP contribution in [0.15, 0.2) is 30.3 Å². The van der Waals surface area contributed by atoms with Crippen molar-refractivity contribution in [2.24, 2.45) is 0 Å². The van der Waals surface area contributed by atoms with Crippen LogP contribution in [0.3, 0.4) is 0 Å². The summed E-state index contributed by atoms with van der Waals surface area (Å²) < 4.78 is 0. The minimum Gasteiger partial charge on any atom is -0.480 e. The maximum Gasteiger partial charge on any atom is 0.323 e. The molecular weight excluding hydrogens is 208 g/mol. The number of hydrogen-bond acceptors (Lipinski definition) is 3. The van der Waals surface area contributed by atoms with Gasteiger partial charge in [-0.3, -0.25) is 14.9 Å². The van der Waals surface area contributed by atoms with Gasteiger partial charge in [-0.2, -0.15) is 0 Å². The number of nitrogens with one attached hydrogen (secondary N) is 2. The lowest BCUT2D eigenvalue weighted by Gasteiger charge is -2.30. The van der Waals surface area contributed by atoms with Crippen molar-refractivity contribution in [3.63, 3.8) is 0 Å². The first kappa shape index (κ1) is 10.6. The molecule has 84 valence electrons. The number of carboxylic acid groups (broad SMARTS) is 1. The standard InChI is InChI=1S/C11H12N2O3/c14-8-6-12-10(11(15)16)9(13-8)7-4-2-1-3-5-7/h1-5,9-10,12H,6H2,(H,13,14)(H,15,16)/t9-,10+/m0/s1. The predicted molar refractivity (Wildman–Crippen MR) is 56.8 cm³/mol. The number of carbonyl (C=O) groups is 2. The first-order valence-electron chi connectivity index (χ1n) is 4.99. The number of carbonyl (C=O) groups excluding carboxylic acids is 1. The second-order valence-corrected chi connectivity index (χ2v) is 3.65. The fourth-order valence-electron chi connectivity index (χ4n) is 1.79. The van der Waals surface area contributed by atoms with E-state index in [9.17, 15) is 9.59 Å². The molecule has 2 atom stereocenters. The number of amides is 1. The summed E-state index contributed by atoms with van der Waals surface area (Å²) in [5, 5.41) is 14.4. The molecule has 0 bridgehead atoms. The van der Waals surface area contributed by atoms with Crippen LogP contribution in [0.1, 0.15) is 11.6 Å². The van der Waals surface area contributed by atoms with E-state index in [1.54, 1.807) is 12.1 Å². The zero-order valence-electron chi connectivity index (χ0n) is 8.51. The van der Waals surface area contributed by atoms with Crippen LogP contribution in [0.5, 0.6) is 0 Å². The summed E-state index contributed by atoms with van der Waals surface area (Å²) in [6.07, 6.45) is 0. The molecule has 1 fully saturated rings. The lowest BCUT2D eigenvalue weighted by molar-refractivity contribution is -0.142. The van der Waals surface area contributed by atoms with Crippen LogP contribution >= 0.6 is 0 Å². The van der Waals surface area contributed by atoms with Crippen molar-refractivity contribution < 1.29 is 14.7 Å². The minimum atomic E-state index is -0.964. The number of rotatable bonds is 2. The van der Waals surface area contributed by atoms with E-state index in [-0.39, 0.29) is 12.5 Å². The van der Waals surface area contributed by atoms with E-state index in [1.807, 2.05) is 18.2 Å². The van der Waals surface area contributed by atoms with Crippen molar-refractivity contribution in [2.75, 3.05) is 6.54 Å². The highest BCUT2D eigenvalue weighted by Gasteiger charge is 2.34. The molecule has 2 rings (SSSR count). The summed E-state index contributed by atoms with van der Waals surface area (Å²) in [7, 11) is 0. The fraction of sp³-hybridized carbons (Fsp3) is 0.273. The monoisotopic (exact) mass is 220 g/mol. The Bertz CT molecular complexity index is 405. The molecule has 1 amide bonds. The highest BCUT2D eigenvalue weighted by molar-refractivity contribution is 5.84. The third kappa shape index (κ3) is 2.04. The number of benzene rings is 1. The SMILES string of the molecule is O=C1CN[C@@H](C(=O)O)[C@H](c2ccccc2)N1. The van der Waals surface area contributed by atoms with E-state index in [0.717, 1.165) is 5.56 Å². The van der Waals surface area contributed by atoms with Gasteiger partial charge in [0.25, 0.3) is 0 Å². The Morgan fingerprint density at radius 2 is 2.00 bits per heavy atom. The van der Waals surface area contributed by atoms with Gasteiger partial charge in [-0.25, -0.2) is 0 Å². The molecule has 1 saturated heterocycles. The number of aliphatic carboxylic acids is 1. The summed E-state index contributed by atoms with van der Waals surface area (Å²) in [5.74, 6) is -1.15. The lowest BCUT2D eigenvalue weighted by atomic mass is 9.97. The van der Waals surface area contributed by atoms with Crippen LogP contribution in [-0.2, 0) is 9.59 Å². The zero-order chi connectivity index (χ0) is 11.5. The summed E-state index contributed by atoms with van der Waals surface area (Å²) in [5.41, 5.74) is 0.787. The van der Waals surface area contributed by atoms with Gasteiger partial charge in [-0.05, 0) is 5.56 Å². The highest BCUT2D eigenvalue weighted by Crippen LogP contribution is 2.19. The van der Waals surface area contributed by atoms with Crippen LogP contribution in [0.4, 0.5) is 0 Å². The molecule has 1 aromatic rings. The Morgan fingerprint density at radius 1 is 1.31 bits per heavy atom. The molecule has 0 radical (unpaired) electrons. The van der Waals surface area contributed by atoms with Gasteiger partial charge in [-0.15, -0.1) is 0 Å². The molecule has 3 N–H and O–H groups in total. The average molecular weight is 220 g/mol. The van der Waals surface area contributed by atoms with Gasteiger partial charge < -0.3 is 10.4 Å². The topological polar surface area (TPSA) is 78.4 Å². The zero-order valence-corrected chi connectivity index (χ0v) is 8.51. The molecule has 0 unspecified atom stereocenters. The molecule has 1 aromatic carbocycles. The largest absolute Gasteiger partial charge is 0.480 e. The molecule has 0 aliphatic carbocycles. The second kappa shape index (κ2) is 4.32. The van der Waals surface area contributed by atoms with Gasteiger partial charge in [0.1, 0.15) is 6.04 Å². The maximum absolute atomic E-state index is 11.2. The van der Waals surface area contributed by atoms with Crippen molar-refractivity contribution in [1.82, 2.24) is 10.6 Å². The molecule has 5 heteroatoms. The molecule has 5 nitrogen and oxygen atoms in total. The van der Waals surface area contributed by atoms with Crippen LogP contribution < -0.4 is 10.6 Å². The molecule has 1 aliphatic heterocycles. The highest BCUT2D eigenvalue weighted by atomic mass is 16.4. The Morgan fingerprint density at radius 3 is 2.62 bits per heavy atom. The maximum atomic E-state index is 11.2. The van der Waals surface area contributed by atoms with Crippen molar-refractivity contribution in [1.29, 1.82) is 0 Å². The number of carboxylic acids is 1. The quantitative estimate of drug-likeness (QED) is 0.650. The smallest absolute Gasteiger partial charge is 0.323 e. The first-order chi connectivity index (χ1) is 7.68. The molecule has 0 aromatic heterocycles. The van der Waals surface area contributed by atoms with Crippen LogP contribution in [0.2, 0.25) is 0 Å². The summed E-state index contributed by atoms with van der Waals surface area (Å²) in [6, 6.07) is 7.78. The Balaban J connectivity index is 2.27. The minimum absolute atomic E-state index is 0.0420. The predicted octanol–water partition coefficient (Wildman–Crippen LogP) is -0.0997. The molecular formula is C11H12N2O3. The van der Waals surface area contributed by atoms with Gasteiger partial charge in [0.05, 0.1) is 12.6 Å². The van der Waals surface area contributed by atoms with Gasteiger partial charge >= 0.3 is 5.97 Å². The van der Waals surface area contributed by atoms with E-state index in [4.69, 9.17) is 5.11 Å². The van der Waals surface area contributed by atoms with Gasteiger partial charge in [0.2, 0.25) is 5.91 Å². The van der Waals surface area contributed by atoms with Gasteiger partial charge in [-0.1, -0.05) is 30.3 Å². The third-order valence-corrected chi connectivity index (χ3v) is 2.56. The summed E-state index contributed by atoms with van der Waals surface area (Å²) in [4.78, 5) is 22.3. The van der Waals surface area contributed by atoms with Crippen LogP contribution in [-0.4, -0.2) is 29.6 Å². The van der Waals surface area contributed by atoms with E-state index in [2.05, 4.69) is 10.6 Å². The molecule has 0 spiro atoms.